The van der Waals surface area contributed by atoms with Gasteiger partial charge >= 0.3 is 6.03 Å². The van der Waals surface area contributed by atoms with E-state index < -0.39 is 0 Å². The molecule has 1 aliphatic heterocycles. The molecule has 1 aliphatic carbocycles. The third-order valence-corrected chi connectivity index (χ3v) is 8.01. The van der Waals surface area contributed by atoms with E-state index in [9.17, 15) is 4.79 Å². The van der Waals surface area contributed by atoms with Gasteiger partial charge in [-0.25, -0.2) is 4.79 Å². The van der Waals surface area contributed by atoms with Crippen molar-refractivity contribution < 1.29 is 14.3 Å². The van der Waals surface area contributed by atoms with E-state index in [1.54, 1.807) is 6.33 Å². The number of urea groups is 1. The molecule has 2 amide bonds. The molecule has 0 saturated carbocycles. The van der Waals surface area contributed by atoms with E-state index in [-0.39, 0.29) is 23.6 Å². The molecule has 2 aromatic heterocycles. The third kappa shape index (κ3) is 6.21. The second kappa shape index (κ2) is 11.5. The zero-order chi connectivity index (χ0) is 28.4. The van der Waals surface area contributed by atoms with Gasteiger partial charge in [-0.1, -0.05) is 57.2 Å². The predicted molar refractivity (Wildman–Crippen MR) is 158 cm³/mol. The summed E-state index contributed by atoms with van der Waals surface area (Å²) in [5, 5.41) is 14.5. The first kappa shape index (κ1) is 27.2. The van der Waals surface area contributed by atoms with E-state index in [1.165, 1.54) is 5.56 Å². The molecule has 2 aromatic carbocycles. The maximum atomic E-state index is 13.5. The lowest BCUT2D eigenvalue weighted by molar-refractivity contribution is 0.0342. The summed E-state index contributed by atoms with van der Waals surface area (Å²) >= 11 is 0. The molecule has 1 saturated heterocycles. The number of nitrogens with one attached hydrogen (secondary N) is 2. The van der Waals surface area contributed by atoms with Gasteiger partial charge in [-0.05, 0) is 58.7 Å². The van der Waals surface area contributed by atoms with Crippen LogP contribution < -0.4 is 15.4 Å². The normalized spacial score (nSPS) is 19.5. The summed E-state index contributed by atoms with van der Waals surface area (Å²) in [7, 11) is 0. The van der Waals surface area contributed by atoms with Crippen LogP contribution in [-0.4, -0.2) is 51.8 Å². The summed E-state index contributed by atoms with van der Waals surface area (Å²) in [5.74, 6) is 0.757. The Morgan fingerprint density at radius 1 is 1.05 bits per heavy atom. The summed E-state index contributed by atoms with van der Waals surface area (Å²) in [6, 6.07) is 18.2. The Morgan fingerprint density at radius 2 is 1.85 bits per heavy atom. The molecule has 9 nitrogen and oxygen atoms in total. The number of aromatic nitrogens is 3. The third-order valence-electron chi connectivity index (χ3n) is 8.01. The Labute approximate surface area is 240 Å². The van der Waals surface area contributed by atoms with Gasteiger partial charge in [0.15, 0.2) is 5.65 Å². The van der Waals surface area contributed by atoms with Gasteiger partial charge in [-0.2, -0.15) is 0 Å². The predicted octanol–water partition coefficient (Wildman–Crippen LogP) is 5.64. The molecule has 2 unspecified atom stereocenters. The monoisotopic (exact) mass is 554 g/mol. The molecular formula is C32H38N6O3. The quantitative estimate of drug-likeness (QED) is 0.321. The Kier molecular flexibility index (Phi) is 7.64. The number of hydrogen-bond donors (Lipinski definition) is 2. The van der Waals surface area contributed by atoms with Crippen LogP contribution in [0.2, 0.25) is 0 Å². The van der Waals surface area contributed by atoms with E-state index in [1.807, 2.05) is 34.9 Å². The van der Waals surface area contributed by atoms with Crippen LogP contribution >= 0.6 is 0 Å². The molecule has 6 rings (SSSR count). The van der Waals surface area contributed by atoms with Crippen molar-refractivity contribution >= 4 is 17.4 Å². The smallest absolute Gasteiger partial charge is 0.319 e. The van der Waals surface area contributed by atoms with Crippen LogP contribution in [-0.2, 0) is 16.7 Å². The summed E-state index contributed by atoms with van der Waals surface area (Å²) in [6.07, 6.45) is 5.01. The first-order valence-electron chi connectivity index (χ1n) is 14.4. The van der Waals surface area contributed by atoms with Crippen molar-refractivity contribution in [3.05, 3.63) is 89.4 Å². The number of hydrogen-bond acceptors (Lipinski definition) is 6. The first-order valence-corrected chi connectivity index (χ1v) is 14.4. The number of nitrogens with zero attached hydrogens (tertiary/aromatic N) is 4. The van der Waals surface area contributed by atoms with Crippen LogP contribution in [0.3, 0.4) is 0 Å². The maximum absolute atomic E-state index is 13.5. The highest BCUT2D eigenvalue weighted by Gasteiger charge is 2.30. The molecule has 0 radical (unpaired) electrons. The van der Waals surface area contributed by atoms with Crippen LogP contribution in [0.25, 0.3) is 5.65 Å². The van der Waals surface area contributed by atoms with Crippen LogP contribution in [0, 0.1) is 0 Å². The number of carbonyl (C=O) groups is 1. The fourth-order valence-corrected chi connectivity index (χ4v) is 5.68. The molecule has 41 heavy (non-hydrogen) atoms. The Morgan fingerprint density at radius 3 is 2.66 bits per heavy atom. The van der Waals surface area contributed by atoms with Crippen molar-refractivity contribution in [1.82, 2.24) is 24.8 Å². The largest absolute Gasteiger partial charge is 0.484 e. The fourth-order valence-electron chi connectivity index (χ4n) is 5.68. The average molecular weight is 555 g/mol. The summed E-state index contributed by atoms with van der Waals surface area (Å²) < 4.78 is 13.8. The number of carbonyl (C=O) groups excluding carboxylic acids is 1. The fraction of sp³-hybridized carbons (Fsp3) is 0.406. The zero-order valence-corrected chi connectivity index (χ0v) is 24.0. The second-order valence-corrected chi connectivity index (χ2v) is 11.9. The SMILES string of the molecule is CC(C)(C)c1ccc(CN2CCOCC2)c(NC(=O)NC2CCC(Oc3ccc4nncn4c3)c3ccccc32)c1. The van der Waals surface area contributed by atoms with Crippen molar-refractivity contribution in [3.63, 3.8) is 0 Å². The minimum absolute atomic E-state index is 0.0272. The molecule has 9 heteroatoms. The summed E-state index contributed by atoms with van der Waals surface area (Å²) in [6.45, 7) is 10.6. The molecule has 0 spiro atoms. The van der Waals surface area contributed by atoms with Gasteiger partial charge < -0.3 is 20.1 Å². The van der Waals surface area contributed by atoms with Crippen LogP contribution in [0.4, 0.5) is 10.5 Å². The molecule has 3 heterocycles. The second-order valence-electron chi connectivity index (χ2n) is 11.9. The molecular weight excluding hydrogens is 516 g/mol. The first-order chi connectivity index (χ1) is 19.8. The van der Waals surface area contributed by atoms with Gasteiger partial charge in [0.1, 0.15) is 18.2 Å². The van der Waals surface area contributed by atoms with Gasteiger partial charge in [0, 0.05) is 25.3 Å². The lowest BCUT2D eigenvalue weighted by Crippen LogP contribution is -2.37. The van der Waals surface area contributed by atoms with Gasteiger partial charge in [0.05, 0.1) is 25.5 Å². The molecule has 4 aromatic rings. The molecule has 2 atom stereocenters. The standard InChI is InChI=1S/C32H38N6O3/c1-32(2,3)23-9-8-22(19-37-14-16-40-17-15-37)28(18-23)35-31(39)34-27-11-12-29(26-7-5-4-6-25(26)27)41-24-10-13-30-36-33-21-38(30)20-24/h4-10,13,18,20-21,27,29H,11-12,14-17,19H2,1-3H3,(H2,34,35,39). The lowest BCUT2D eigenvalue weighted by Gasteiger charge is -2.32. The number of ether oxygens (including phenoxy) is 2. The Hall–Kier alpha value is -3.95. The van der Waals surface area contributed by atoms with Gasteiger partial charge in [-0.3, -0.25) is 9.30 Å². The lowest BCUT2D eigenvalue weighted by atomic mass is 9.85. The van der Waals surface area contributed by atoms with E-state index in [4.69, 9.17) is 9.47 Å². The minimum Gasteiger partial charge on any atom is -0.484 e. The topological polar surface area (TPSA) is 93.0 Å². The molecule has 0 bridgehead atoms. The highest BCUT2D eigenvalue weighted by Crippen LogP contribution is 2.39. The number of rotatable bonds is 6. The van der Waals surface area contributed by atoms with E-state index >= 15 is 0 Å². The maximum Gasteiger partial charge on any atom is 0.319 e. The number of benzene rings is 2. The number of pyridine rings is 1. The number of anilines is 1. The van der Waals surface area contributed by atoms with E-state index in [0.717, 1.165) is 79.5 Å². The van der Waals surface area contributed by atoms with Gasteiger partial charge in [0.25, 0.3) is 0 Å². The molecule has 2 N–H and O–H groups in total. The molecule has 2 aliphatic rings. The highest BCUT2D eigenvalue weighted by molar-refractivity contribution is 5.90. The highest BCUT2D eigenvalue weighted by atomic mass is 16.5. The van der Waals surface area contributed by atoms with Gasteiger partial charge in [0.2, 0.25) is 0 Å². The number of fused-ring (bicyclic) bond motifs is 2. The van der Waals surface area contributed by atoms with Crippen molar-refractivity contribution in [2.75, 3.05) is 31.6 Å². The van der Waals surface area contributed by atoms with Crippen LogP contribution in [0.5, 0.6) is 5.75 Å². The minimum atomic E-state index is -0.198. The number of morpholine rings is 1. The van der Waals surface area contributed by atoms with Crippen molar-refractivity contribution in [3.8, 4) is 5.75 Å². The zero-order valence-electron chi connectivity index (χ0n) is 24.0. The Bertz CT molecular complexity index is 1520. The molecule has 214 valence electrons. The molecule has 1 fully saturated rings. The average Bonchev–Trinajstić information content (AvgIpc) is 3.43. The van der Waals surface area contributed by atoms with Crippen molar-refractivity contribution in [1.29, 1.82) is 0 Å². The summed E-state index contributed by atoms with van der Waals surface area (Å²) in [5.41, 5.74) is 6.08. The van der Waals surface area contributed by atoms with Crippen molar-refractivity contribution in [2.45, 2.75) is 57.7 Å². The number of amides is 2. The van der Waals surface area contributed by atoms with Crippen LogP contribution in [0.1, 0.15) is 68.0 Å². The van der Waals surface area contributed by atoms with Gasteiger partial charge in [-0.15, -0.1) is 10.2 Å². The van der Waals surface area contributed by atoms with Crippen LogP contribution in [0.15, 0.2) is 67.1 Å². The Balaban J connectivity index is 1.18. The van der Waals surface area contributed by atoms with E-state index in [2.05, 4.69) is 76.8 Å². The van der Waals surface area contributed by atoms with E-state index in [0.29, 0.717) is 0 Å². The van der Waals surface area contributed by atoms with Crippen molar-refractivity contribution in [2.24, 2.45) is 0 Å². The summed E-state index contributed by atoms with van der Waals surface area (Å²) in [4.78, 5) is 15.8.